The molecule has 1 unspecified atom stereocenters. The Labute approximate surface area is 84.4 Å². The lowest BCUT2D eigenvalue weighted by Gasteiger charge is -2.06. The predicted molar refractivity (Wildman–Crippen MR) is 58.7 cm³/mol. The summed E-state index contributed by atoms with van der Waals surface area (Å²) in [6.45, 7) is 2.19. The second kappa shape index (κ2) is 5.55. The molecule has 1 nitrogen and oxygen atoms in total. The fourth-order valence-corrected chi connectivity index (χ4v) is 1.28. The summed E-state index contributed by atoms with van der Waals surface area (Å²) in [5, 5.41) is 0. The zero-order chi connectivity index (χ0) is 10.4. The molecule has 1 rings (SSSR count). The van der Waals surface area contributed by atoms with Crippen LogP contribution >= 0.6 is 0 Å². The molecule has 0 aromatic heterocycles. The van der Waals surface area contributed by atoms with Gasteiger partial charge in [0.2, 0.25) is 0 Å². The molecule has 2 N–H and O–H groups in total. The third-order valence-corrected chi connectivity index (χ3v) is 2.11. The molecule has 2 heteroatoms. The first-order valence-corrected chi connectivity index (χ1v) is 4.81. The lowest BCUT2D eigenvalue weighted by Crippen LogP contribution is -2.10. The van der Waals surface area contributed by atoms with Crippen LogP contribution in [0.2, 0.25) is 0 Å². The molecule has 0 bridgehead atoms. The van der Waals surface area contributed by atoms with E-state index in [1.54, 1.807) is 6.92 Å². The summed E-state index contributed by atoms with van der Waals surface area (Å²) in [5.74, 6) is 0. The average molecular weight is 193 g/mol. The number of halogens is 1. The monoisotopic (exact) mass is 193 g/mol. The molecule has 0 spiro atoms. The van der Waals surface area contributed by atoms with Crippen molar-refractivity contribution < 1.29 is 4.39 Å². The molecule has 0 saturated heterocycles. The van der Waals surface area contributed by atoms with Gasteiger partial charge in [0.05, 0.1) is 0 Å². The Kier molecular flexibility index (Phi) is 4.33. The molecule has 0 radical (unpaired) electrons. The molecule has 14 heavy (non-hydrogen) atoms. The predicted octanol–water partition coefficient (Wildman–Crippen LogP) is 2.78. The zero-order valence-corrected chi connectivity index (χ0v) is 8.41. The standard InChI is InChI=1S/C12H16FN/c1-10(12(13)7-8-14)9-11-5-3-2-4-6-11/h2-6,9,12H,7-8,14H2,1H3/b10-9+. The number of alkyl halides is 1. The fraction of sp³-hybridized carbons (Fsp3) is 0.333. The van der Waals surface area contributed by atoms with Gasteiger partial charge in [-0.05, 0) is 31.0 Å². The van der Waals surface area contributed by atoms with Crippen LogP contribution in [0.15, 0.2) is 35.9 Å². The Hall–Kier alpha value is -1.15. The minimum absolute atomic E-state index is 0.390. The van der Waals surface area contributed by atoms with Crippen molar-refractivity contribution in [2.24, 2.45) is 5.73 Å². The maximum Gasteiger partial charge on any atom is 0.122 e. The topological polar surface area (TPSA) is 26.0 Å². The van der Waals surface area contributed by atoms with E-state index < -0.39 is 6.17 Å². The summed E-state index contributed by atoms with van der Waals surface area (Å²) >= 11 is 0. The Morgan fingerprint density at radius 3 is 2.64 bits per heavy atom. The van der Waals surface area contributed by atoms with E-state index in [4.69, 9.17) is 5.73 Å². The molecule has 0 saturated carbocycles. The first-order chi connectivity index (χ1) is 6.74. The largest absolute Gasteiger partial charge is 0.330 e. The Morgan fingerprint density at radius 2 is 2.07 bits per heavy atom. The van der Waals surface area contributed by atoms with Crippen molar-refractivity contribution in [1.29, 1.82) is 0 Å². The van der Waals surface area contributed by atoms with Gasteiger partial charge in [-0.2, -0.15) is 0 Å². The molecule has 1 aromatic carbocycles. The highest BCUT2D eigenvalue weighted by Crippen LogP contribution is 2.13. The minimum atomic E-state index is -0.916. The van der Waals surface area contributed by atoms with Gasteiger partial charge >= 0.3 is 0 Å². The molecule has 76 valence electrons. The quantitative estimate of drug-likeness (QED) is 0.781. The van der Waals surface area contributed by atoms with Gasteiger partial charge in [0.25, 0.3) is 0 Å². The van der Waals surface area contributed by atoms with E-state index in [1.807, 2.05) is 36.4 Å². The molecule has 1 atom stereocenters. The van der Waals surface area contributed by atoms with Crippen LogP contribution in [0.25, 0.3) is 6.08 Å². The van der Waals surface area contributed by atoms with Crippen molar-refractivity contribution in [3.8, 4) is 0 Å². The molecule has 0 heterocycles. The van der Waals surface area contributed by atoms with Gasteiger partial charge in [-0.15, -0.1) is 0 Å². The van der Waals surface area contributed by atoms with Gasteiger partial charge < -0.3 is 5.73 Å². The van der Waals surface area contributed by atoms with Crippen LogP contribution in [0.4, 0.5) is 4.39 Å². The van der Waals surface area contributed by atoms with Gasteiger partial charge in [-0.3, -0.25) is 0 Å². The fourth-order valence-electron chi connectivity index (χ4n) is 1.28. The lowest BCUT2D eigenvalue weighted by molar-refractivity contribution is 0.366. The smallest absolute Gasteiger partial charge is 0.122 e. The van der Waals surface area contributed by atoms with Crippen molar-refractivity contribution in [1.82, 2.24) is 0 Å². The van der Waals surface area contributed by atoms with Gasteiger partial charge in [0, 0.05) is 0 Å². The molecule has 0 aliphatic rings. The number of allylic oxidation sites excluding steroid dienone is 1. The summed E-state index contributed by atoms with van der Waals surface area (Å²) in [7, 11) is 0. The zero-order valence-electron chi connectivity index (χ0n) is 8.41. The third-order valence-electron chi connectivity index (χ3n) is 2.11. The van der Waals surface area contributed by atoms with E-state index in [2.05, 4.69) is 0 Å². The molecule has 0 aliphatic heterocycles. The number of rotatable bonds is 4. The van der Waals surface area contributed by atoms with E-state index in [9.17, 15) is 4.39 Å². The number of nitrogens with two attached hydrogens (primary N) is 1. The van der Waals surface area contributed by atoms with Crippen molar-refractivity contribution in [2.75, 3.05) is 6.54 Å². The van der Waals surface area contributed by atoms with Crippen LogP contribution < -0.4 is 5.73 Å². The third kappa shape index (κ3) is 3.30. The highest BCUT2D eigenvalue weighted by Gasteiger charge is 2.06. The Bertz CT molecular complexity index is 292. The maximum absolute atomic E-state index is 13.3. The van der Waals surface area contributed by atoms with Crippen LogP contribution in [0.3, 0.4) is 0 Å². The van der Waals surface area contributed by atoms with Crippen molar-refractivity contribution in [3.05, 3.63) is 41.5 Å². The van der Waals surface area contributed by atoms with Crippen LogP contribution in [0, 0.1) is 0 Å². The lowest BCUT2D eigenvalue weighted by atomic mass is 10.1. The number of hydrogen-bond acceptors (Lipinski definition) is 1. The molecule has 0 fully saturated rings. The second-order valence-corrected chi connectivity index (χ2v) is 3.34. The molecule has 0 aliphatic carbocycles. The van der Waals surface area contributed by atoms with Crippen molar-refractivity contribution in [3.63, 3.8) is 0 Å². The molecular weight excluding hydrogens is 177 g/mol. The summed E-state index contributed by atoms with van der Waals surface area (Å²) < 4.78 is 13.3. The van der Waals surface area contributed by atoms with Gasteiger partial charge in [-0.25, -0.2) is 4.39 Å². The minimum Gasteiger partial charge on any atom is -0.330 e. The number of benzene rings is 1. The van der Waals surface area contributed by atoms with E-state index in [-0.39, 0.29) is 0 Å². The normalized spacial score (nSPS) is 14.1. The average Bonchev–Trinajstić information content (AvgIpc) is 2.19. The van der Waals surface area contributed by atoms with E-state index in [0.717, 1.165) is 11.1 Å². The first-order valence-electron chi connectivity index (χ1n) is 4.81. The highest BCUT2D eigenvalue weighted by molar-refractivity contribution is 5.52. The van der Waals surface area contributed by atoms with Crippen molar-refractivity contribution >= 4 is 6.08 Å². The SMILES string of the molecule is C/C(=C\c1ccccc1)C(F)CCN. The van der Waals surface area contributed by atoms with Crippen LogP contribution in [0.1, 0.15) is 18.9 Å². The molecular formula is C12H16FN. The second-order valence-electron chi connectivity index (χ2n) is 3.34. The van der Waals surface area contributed by atoms with Crippen LogP contribution in [-0.4, -0.2) is 12.7 Å². The van der Waals surface area contributed by atoms with Gasteiger partial charge in [-0.1, -0.05) is 36.4 Å². The molecule has 0 amide bonds. The summed E-state index contributed by atoms with van der Waals surface area (Å²) in [4.78, 5) is 0. The first kappa shape index (κ1) is 10.9. The van der Waals surface area contributed by atoms with Crippen LogP contribution in [0.5, 0.6) is 0 Å². The number of hydrogen-bond donors (Lipinski definition) is 1. The van der Waals surface area contributed by atoms with Crippen LogP contribution in [-0.2, 0) is 0 Å². The summed E-state index contributed by atoms with van der Waals surface area (Å²) in [6, 6.07) is 9.74. The summed E-state index contributed by atoms with van der Waals surface area (Å²) in [6.07, 6.45) is 1.34. The van der Waals surface area contributed by atoms with Crippen molar-refractivity contribution in [2.45, 2.75) is 19.5 Å². The highest BCUT2D eigenvalue weighted by atomic mass is 19.1. The van der Waals surface area contributed by atoms with E-state index in [0.29, 0.717) is 13.0 Å². The Balaban J connectivity index is 2.68. The maximum atomic E-state index is 13.3. The van der Waals surface area contributed by atoms with E-state index in [1.165, 1.54) is 0 Å². The van der Waals surface area contributed by atoms with E-state index >= 15 is 0 Å². The van der Waals surface area contributed by atoms with Gasteiger partial charge in [0.1, 0.15) is 6.17 Å². The summed E-state index contributed by atoms with van der Waals surface area (Å²) in [5.41, 5.74) is 7.06. The molecule has 1 aromatic rings. The Morgan fingerprint density at radius 1 is 1.43 bits per heavy atom. The van der Waals surface area contributed by atoms with Gasteiger partial charge in [0.15, 0.2) is 0 Å².